The minimum absolute atomic E-state index is 0.662. The number of unbranched alkanes of at least 4 members (excludes halogenated alkanes) is 3. The molecule has 0 saturated heterocycles. The smallest absolute Gasteiger partial charge is 0.354 e. The number of hydrogen-bond acceptors (Lipinski definition) is 1. The van der Waals surface area contributed by atoms with Crippen LogP contribution in [0.3, 0.4) is 0 Å². The van der Waals surface area contributed by atoms with Gasteiger partial charge >= 0.3 is 6.18 Å². The molecule has 0 saturated carbocycles. The molecule has 0 spiro atoms. The average molecular weight is 617 g/mol. The van der Waals surface area contributed by atoms with Crippen molar-refractivity contribution in [2.45, 2.75) is 66.0 Å². The lowest BCUT2D eigenvalue weighted by Gasteiger charge is -2.15. The van der Waals surface area contributed by atoms with Gasteiger partial charge in [-0.1, -0.05) is 98.5 Å². The van der Waals surface area contributed by atoms with E-state index in [1.165, 1.54) is 36.8 Å². The molecule has 0 amide bonds. The lowest BCUT2D eigenvalue weighted by Crippen LogP contribution is -2.22. The van der Waals surface area contributed by atoms with Gasteiger partial charge in [-0.05, 0) is 91.8 Å². The summed E-state index contributed by atoms with van der Waals surface area (Å²) in [6.45, 7) is 8.52. The van der Waals surface area contributed by atoms with Crippen LogP contribution in [0, 0.1) is 20.8 Å². The first kappa shape index (κ1) is 31.3. The van der Waals surface area contributed by atoms with Gasteiger partial charge in [-0.15, -0.1) is 0 Å². The minimum atomic E-state index is -4.42. The Bertz CT molecular complexity index is 2000. The van der Waals surface area contributed by atoms with E-state index < -0.39 is 11.7 Å². The molecule has 2 nitrogen and oxygen atoms in total. The van der Waals surface area contributed by atoms with Crippen LogP contribution in [-0.2, 0) is 12.6 Å². The number of nitrogens with one attached hydrogen (secondary N) is 1. The molecule has 5 heteroatoms. The summed E-state index contributed by atoms with van der Waals surface area (Å²) in [6.07, 6.45) is 1.47. The first-order chi connectivity index (χ1) is 22.1. The lowest BCUT2D eigenvalue weighted by molar-refractivity contribution is -0.137. The van der Waals surface area contributed by atoms with Gasteiger partial charge in [0.25, 0.3) is 0 Å². The summed E-state index contributed by atoms with van der Waals surface area (Å²) >= 11 is 0. The molecule has 1 N–H and O–H groups in total. The highest BCUT2D eigenvalue weighted by molar-refractivity contribution is 5.95. The SMILES string of the molecule is CCCCCCc1ccc(C2=c3ccccc3=N/C2=C(/c2ccc(C(F)(F)F)cc2)c2ccc(-c3c(C)cc(C)cc3C)[nH]2)cc1. The van der Waals surface area contributed by atoms with Crippen molar-refractivity contribution >= 4 is 11.1 Å². The van der Waals surface area contributed by atoms with E-state index in [1.54, 1.807) is 12.1 Å². The third kappa shape index (κ3) is 6.37. The Labute approximate surface area is 269 Å². The topological polar surface area (TPSA) is 28.1 Å². The van der Waals surface area contributed by atoms with Crippen LogP contribution in [0.4, 0.5) is 13.2 Å². The molecule has 2 heterocycles. The second-order valence-corrected chi connectivity index (χ2v) is 12.4. The van der Waals surface area contributed by atoms with Gasteiger partial charge in [0.05, 0.1) is 16.6 Å². The zero-order chi connectivity index (χ0) is 32.4. The van der Waals surface area contributed by atoms with E-state index in [0.29, 0.717) is 5.56 Å². The molecule has 1 aliphatic heterocycles. The number of hydrogen-bond donors (Lipinski definition) is 1. The number of halogens is 3. The molecule has 46 heavy (non-hydrogen) atoms. The number of fused-ring (bicyclic) bond motifs is 1. The third-order valence-corrected chi connectivity index (χ3v) is 8.84. The molecular weight excluding hydrogens is 577 g/mol. The van der Waals surface area contributed by atoms with Gasteiger partial charge in [0, 0.05) is 33.3 Å². The summed E-state index contributed by atoms with van der Waals surface area (Å²) in [5.74, 6) is 0. The van der Waals surface area contributed by atoms with E-state index in [2.05, 4.69) is 81.2 Å². The monoisotopic (exact) mass is 616 g/mol. The molecule has 0 fully saturated rings. The van der Waals surface area contributed by atoms with Gasteiger partial charge in [-0.25, -0.2) is 4.99 Å². The second kappa shape index (κ2) is 13.0. The Balaban J connectivity index is 1.54. The number of nitrogens with zero attached hydrogens (tertiary/aromatic N) is 1. The van der Waals surface area contributed by atoms with E-state index >= 15 is 0 Å². The maximum atomic E-state index is 13.6. The molecule has 0 radical (unpaired) electrons. The van der Waals surface area contributed by atoms with Crippen molar-refractivity contribution < 1.29 is 13.2 Å². The van der Waals surface area contributed by atoms with Crippen LogP contribution in [0.2, 0.25) is 0 Å². The summed E-state index contributed by atoms with van der Waals surface area (Å²) in [6, 6.07) is 30.6. The van der Waals surface area contributed by atoms with Crippen LogP contribution < -0.4 is 10.6 Å². The first-order valence-corrected chi connectivity index (χ1v) is 16.1. The number of aryl methyl sites for hydroxylation is 4. The highest BCUT2D eigenvalue weighted by Gasteiger charge is 2.31. The average Bonchev–Trinajstić information content (AvgIpc) is 3.65. The maximum Gasteiger partial charge on any atom is 0.416 e. The fourth-order valence-electron chi connectivity index (χ4n) is 6.69. The summed E-state index contributed by atoms with van der Waals surface area (Å²) < 4.78 is 40.8. The fraction of sp³-hybridized carbons (Fsp3) is 0.244. The largest absolute Gasteiger partial charge is 0.416 e. The predicted molar refractivity (Wildman–Crippen MR) is 182 cm³/mol. The van der Waals surface area contributed by atoms with E-state index in [0.717, 1.165) is 79.6 Å². The van der Waals surface area contributed by atoms with Gasteiger partial charge < -0.3 is 4.98 Å². The van der Waals surface area contributed by atoms with Crippen molar-refractivity contribution in [3.63, 3.8) is 0 Å². The lowest BCUT2D eigenvalue weighted by atomic mass is 9.92. The fourth-order valence-corrected chi connectivity index (χ4v) is 6.69. The van der Waals surface area contributed by atoms with Crippen molar-refractivity contribution in [1.82, 2.24) is 4.98 Å². The van der Waals surface area contributed by atoms with Gasteiger partial charge in [0.1, 0.15) is 0 Å². The standard InChI is InChI=1S/C41H39F3N2/c1-5-6-7-8-11-29-14-16-30(17-15-29)38-33-12-9-10-13-34(33)46-40(38)39(31-18-20-32(21-19-31)41(42,43)44)36-23-22-35(45-36)37-27(3)24-26(2)25-28(37)4/h9-10,12-25,45H,5-8,11H2,1-4H3/b40-39-. The summed E-state index contributed by atoms with van der Waals surface area (Å²) in [4.78, 5) is 8.79. The quantitative estimate of drug-likeness (QED) is 0.160. The molecule has 4 aromatic carbocycles. The number of para-hydroxylation sites is 1. The molecule has 0 bridgehead atoms. The number of aromatic amines is 1. The highest BCUT2D eigenvalue weighted by Crippen LogP contribution is 2.38. The van der Waals surface area contributed by atoms with Crippen LogP contribution in [0.25, 0.3) is 22.4 Å². The van der Waals surface area contributed by atoms with E-state index in [1.807, 2.05) is 24.3 Å². The zero-order valence-corrected chi connectivity index (χ0v) is 26.9. The zero-order valence-electron chi connectivity index (χ0n) is 26.9. The van der Waals surface area contributed by atoms with Gasteiger partial charge in [0.2, 0.25) is 0 Å². The van der Waals surface area contributed by atoms with Crippen LogP contribution in [0.1, 0.15) is 77.2 Å². The number of alkyl halides is 3. The normalized spacial score (nSPS) is 13.9. The van der Waals surface area contributed by atoms with Crippen LogP contribution in [0.5, 0.6) is 0 Å². The Hall–Kier alpha value is -4.64. The second-order valence-electron chi connectivity index (χ2n) is 12.4. The Morgan fingerprint density at radius 1 is 0.761 bits per heavy atom. The number of allylic oxidation sites excluding steroid dienone is 1. The molecule has 1 aliphatic rings. The summed E-state index contributed by atoms with van der Waals surface area (Å²) in [5, 5.41) is 1.85. The van der Waals surface area contributed by atoms with Gasteiger partial charge in [0.15, 0.2) is 0 Å². The molecule has 234 valence electrons. The minimum Gasteiger partial charge on any atom is -0.354 e. The van der Waals surface area contributed by atoms with Gasteiger partial charge in [-0.2, -0.15) is 13.2 Å². The Morgan fingerprint density at radius 3 is 2.13 bits per heavy atom. The number of benzene rings is 4. The van der Waals surface area contributed by atoms with Crippen LogP contribution >= 0.6 is 0 Å². The predicted octanol–water partition coefficient (Wildman–Crippen LogP) is 10.0. The van der Waals surface area contributed by atoms with Gasteiger partial charge in [-0.3, -0.25) is 0 Å². The van der Waals surface area contributed by atoms with Crippen molar-refractivity contribution in [2.24, 2.45) is 4.99 Å². The number of aromatic nitrogens is 1. The van der Waals surface area contributed by atoms with Crippen molar-refractivity contribution in [3.8, 4) is 11.3 Å². The van der Waals surface area contributed by atoms with Crippen molar-refractivity contribution in [2.75, 3.05) is 0 Å². The maximum absolute atomic E-state index is 13.6. The molecule has 6 rings (SSSR count). The molecule has 5 aromatic rings. The van der Waals surface area contributed by atoms with E-state index in [4.69, 9.17) is 4.99 Å². The first-order valence-electron chi connectivity index (χ1n) is 16.1. The number of H-pyrrole nitrogens is 1. The van der Waals surface area contributed by atoms with Crippen LogP contribution in [0.15, 0.2) is 108 Å². The number of rotatable bonds is 9. The molecular formula is C41H39F3N2. The van der Waals surface area contributed by atoms with Crippen molar-refractivity contribution in [3.05, 3.63) is 158 Å². The summed E-state index contributed by atoms with van der Waals surface area (Å²) in [5.41, 5.74) is 11.2. The van der Waals surface area contributed by atoms with Crippen LogP contribution in [-0.4, -0.2) is 4.98 Å². The molecule has 0 unspecified atom stereocenters. The Kier molecular flexibility index (Phi) is 8.86. The molecule has 1 aromatic heterocycles. The Morgan fingerprint density at radius 2 is 1.46 bits per heavy atom. The summed E-state index contributed by atoms with van der Waals surface area (Å²) in [7, 11) is 0. The highest BCUT2D eigenvalue weighted by atomic mass is 19.4. The van der Waals surface area contributed by atoms with Crippen molar-refractivity contribution in [1.29, 1.82) is 0 Å². The van der Waals surface area contributed by atoms with E-state index in [9.17, 15) is 13.2 Å². The van der Waals surface area contributed by atoms with E-state index in [-0.39, 0.29) is 0 Å². The third-order valence-electron chi connectivity index (χ3n) is 8.84. The molecule has 0 aliphatic carbocycles. The molecule has 0 atom stereocenters.